The number of nitrogens with two attached hydrogens (primary N) is 2. The maximum atomic E-state index is 12.6. The van der Waals surface area contributed by atoms with Gasteiger partial charge in [0.15, 0.2) is 11.4 Å². The number of primary sulfonamides is 2. The summed E-state index contributed by atoms with van der Waals surface area (Å²) in [6.07, 6.45) is 0. The van der Waals surface area contributed by atoms with E-state index in [-0.39, 0.29) is 78.9 Å². The Labute approximate surface area is 360 Å². The molecule has 0 spiro atoms. The number of sulfonamides is 2. The molecule has 0 saturated carbocycles. The minimum Gasteiger partial charge on any atom is -0.871 e. The van der Waals surface area contributed by atoms with Crippen LogP contribution in [0.1, 0.15) is 11.4 Å². The van der Waals surface area contributed by atoms with Crippen LogP contribution in [-0.4, -0.2) is 36.4 Å². The number of halogens is 2. The van der Waals surface area contributed by atoms with Crippen LogP contribution in [0.5, 0.6) is 11.5 Å². The molecule has 0 aliphatic rings. The maximum absolute atomic E-state index is 12.6. The molecule has 6 aromatic rings. The van der Waals surface area contributed by atoms with Crippen LogP contribution < -0.4 is 61.2 Å². The molecule has 0 radical (unpaired) electrons. The number of nitrogens with zero attached hydrogens (tertiary/aromatic N) is 6. The van der Waals surface area contributed by atoms with Gasteiger partial charge in [-0.05, 0) is 74.5 Å². The summed E-state index contributed by atoms with van der Waals surface area (Å²) in [5.41, 5.74) is 0.215. The molecule has 0 aliphatic carbocycles. The van der Waals surface area contributed by atoms with E-state index in [0.29, 0.717) is 32.8 Å². The molecule has 0 amide bonds. The van der Waals surface area contributed by atoms with Crippen LogP contribution in [0.4, 0.5) is 22.7 Å². The predicted octanol–water partition coefficient (Wildman–Crippen LogP) is 1.53. The first-order chi connectivity index (χ1) is 25.3. The largest absolute Gasteiger partial charge is 3.00 e. The molecule has 56 heavy (non-hydrogen) atoms. The number of nitrogens with one attached hydrogen (secondary N) is 2. The van der Waals surface area contributed by atoms with Gasteiger partial charge in [0.1, 0.15) is 0 Å². The van der Waals surface area contributed by atoms with Crippen LogP contribution in [0.3, 0.4) is 0 Å². The molecule has 2 heterocycles. The molecule has 0 unspecified atom stereocenters. The molecule has 6 rings (SSSR count). The van der Waals surface area contributed by atoms with Crippen LogP contribution in [0.15, 0.2) is 125 Å². The minimum atomic E-state index is -4.00. The third kappa shape index (κ3) is 10.9. The summed E-state index contributed by atoms with van der Waals surface area (Å²) >= 11 is 11.9. The molecule has 24 heteroatoms. The van der Waals surface area contributed by atoms with Crippen molar-refractivity contribution in [1.82, 2.24) is 19.6 Å². The number of H-pyrrole nitrogens is 2. The van der Waals surface area contributed by atoms with Crippen LogP contribution in [-0.2, 0) is 36.8 Å². The van der Waals surface area contributed by atoms with Crippen molar-refractivity contribution in [3.05, 3.63) is 127 Å². The quantitative estimate of drug-likeness (QED) is 0.128. The zero-order chi connectivity index (χ0) is 39.5. The van der Waals surface area contributed by atoms with Crippen molar-refractivity contribution in [2.45, 2.75) is 23.6 Å². The van der Waals surface area contributed by atoms with E-state index >= 15 is 0 Å². The Balaban J connectivity index is 0.000000290. The van der Waals surface area contributed by atoms with Gasteiger partial charge >= 0.3 is 46.3 Å². The first-order valence-corrected chi connectivity index (χ1v) is 18.8. The van der Waals surface area contributed by atoms with Crippen molar-refractivity contribution >= 4 is 66.0 Å². The normalized spacial score (nSPS) is 11.5. The van der Waals surface area contributed by atoms with Crippen molar-refractivity contribution in [3.8, 4) is 22.9 Å². The van der Waals surface area contributed by atoms with Gasteiger partial charge in [-0.15, -0.1) is 10.2 Å². The zero-order valence-electron chi connectivity index (χ0n) is 29.1. The SMILES string of the molecule is Cc1[nH]n(-c2cccc(Cl)c2)c(=O)c1N=Nc1cc(S(N)(=O)=O)ccc1[O-].Cc1[nH]n(-c2cccc(Cl)c2)c(=O)c1N=Nc1cc(S(N)(=O)=O)ccc1[O-].[Co+3].[Na+]. The van der Waals surface area contributed by atoms with Gasteiger partial charge in [-0.25, -0.2) is 36.5 Å². The molecule has 6 N–H and O–H groups in total. The minimum absolute atomic E-state index is 0. The third-order valence-corrected chi connectivity index (χ3v) is 9.54. The predicted molar refractivity (Wildman–Crippen MR) is 195 cm³/mol. The standard InChI is InChI=1S/2C16H14ClN5O4S.Co.Na/c2*1-9-15(16(24)22(21-9)11-4-2-3-10(17)7-11)20-19-13-8-12(27(18,25)26)5-6-14(13)23;;/h2*2-8,21,23H,1H3,(H2,18,25,26);;/q;;+3;+1/p-2. The molecule has 2 aromatic heterocycles. The van der Waals surface area contributed by atoms with Gasteiger partial charge in [-0.3, -0.25) is 19.8 Å². The molecule has 0 bridgehead atoms. The van der Waals surface area contributed by atoms with Crippen molar-refractivity contribution in [2.75, 3.05) is 0 Å². The van der Waals surface area contributed by atoms with Crippen LogP contribution in [0.2, 0.25) is 10.0 Å². The van der Waals surface area contributed by atoms with Crippen molar-refractivity contribution in [1.29, 1.82) is 0 Å². The van der Waals surface area contributed by atoms with Crippen molar-refractivity contribution in [3.63, 3.8) is 0 Å². The molecule has 4 aromatic carbocycles. The summed E-state index contributed by atoms with van der Waals surface area (Å²) in [6.45, 7) is 3.21. The number of rotatable bonds is 8. The van der Waals surface area contributed by atoms with E-state index in [0.717, 1.165) is 36.4 Å². The second-order valence-electron chi connectivity index (χ2n) is 11.2. The fraction of sp³-hybridized carbons (Fsp3) is 0.0625. The second kappa shape index (κ2) is 18.7. The zero-order valence-corrected chi connectivity index (χ0v) is 35.3. The van der Waals surface area contributed by atoms with E-state index in [2.05, 4.69) is 30.7 Å². The number of benzene rings is 4. The molecule has 0 atom stereocenters. The van der Waals surface area contributed by atoms with Crippen molar-refractivity contribution < 1.29 is 73.4 Å². The molecule has 0 aliphatic heterocycles. The van der Waals surface area contributed by atoms with Gasteiger partial charge in [0.25, 0.3) is 11.1 Å². The van der Waals surface area contributed by atoms with E-state index in [1.54, 1.807) is 62.4 Å². The van der Waals surface area contributed by atoms with Gasteiger partial charge < -0.3 is 10.2 Å². The van der Waals surface area contributed by atoms with E-state index in [9.17, 15) is 36.6 Å². The monoisotopic (exact) mass is 894 g/mol. The van der Waals surface area contributed by atoms with Crippen LogP contribution in [0.25, 0.3) is 11.4 Å². The average molecular weight is 896 g/mol. The Morgan fingerprint density at radius 1 is 0.607 bits per heavy atom. The maximum Gasteiger partial charge on any atom is 3.00 e. The summed E-state index contributed by atoms with van der Waals surface area (Å²) in [4.78, 5) is 24.6. The molecule has 286 valence electrons. The van der Waals surface area contributed by atoms with Gasteiger partial charge in [0, 0.05) is 10.0 Å². The first kappa shape index (κ1) is 46.0. The summed E-state index contributed by atoms with van der Waals surface area (Å²) < 4.78 is 48.1. The number of aromatic amines is 2. The number of aromatic nitrogens is 4. The number of azo groups is 2. The summed E-state index contributed by atoms with van der Waals surface area (Å²) in [7, 11) is -8.00. The van der Waals surface area contributed by atoms with E-state index in [1.165, 1.54) is 9.36 Å². The second-order valence-corrected chi connectivity index (χ2v) is 15.2. The Kier molecular flexibility index (Phi) is 15.4. The Morgan fingerprint density at radius 3 is 1.29 bits per heavy atom. The Morgan fingerprint density at radius 2 is 0.964 bits per heavy atom. The summed E-state index contributed by atoms with van der Waals surface area (Å²) in [5, 5.41) is 55.5. The molecular formula is C32H26Cl2CoN10NaO8S2+2. The van der Waals surface area contributed by atoms with Gasteiger partial charge in [-0.2, -0.15) is 10.2 Å². The number of hydrogen-bond acceptors (Lipinski definition) is 12. The molecule has 0 saturated heterocycles. The van der Waals surface area contributed by atoms with Gasteiger partial charge in [0.05, 0.1) is 43.9 Å². The van der Waals surface area contributed by atoms with Gasteiger partial charge in [-0.1, -0.05) is 59.0 Å². The molecule has 0 fully saturated rings. The first-order valence-electron chi connectivity index (χ1n) is 15.0. The van der Waals surface area contributed by atoms with Crippen LogP contribution in [0, 0.1) is 13.8 Å². The van der Waals surface area contributed by atoms with Gasteiger partial charge in [0.2, 0.25) is 20.0 Å². The van der Waals surface area contributed by atoms with E-state index in [1.807, 2.05) is 0 Å². The molecular weight excluding hydrogens is 869 g/mol. The van der Waals surface area contributed by atoms with E-state index in [4.69, 9.17) is 33.5 Å². The Bertz CT molecular complexity index is 2630. The average Bonchev–Trinajstić information content (AvgIpc) is 3.55. The van der Waals surface area contributed by atoms with Crippen LogP contribution >= 0.6 is 23.2 Å². The topological polar surface area (TPSA) is 291 Å². The fourth-order valence-electron chi connectivity index (χ4n) is 4.62. The Hall–Kier alpha value is -4.39. The summed E-state index contributed by atoms with van der Waals surface area (Å²) in [6, 6.07) is 19.4. The fourth-order valence-corrected chi connectivity index (χ4v) is 6.05. The number of aryl methyl sites for hydroxylation is 2. The molecule has 18 nitrogen and oxygen atoms in total. The summed E-state index contributed by atoms with van der Waals surface area (Å²) in [5.74, 6) is -1.12. The smallest absolute Gasteiger partial charge is 0.871 e. The third-order valence-electron chi connectivity index (χ3n) is 7.25. The van der Waals surface area contributed by atoms with Crippen molar-refractivity contribution in [2.24, 2.45) is 30.7 Å². The number of hydrogen-bond donors (Lipinski definition) is 4. The van der Waals surface area contributed by atoms with E-state index < -0.39 is 42.7 Å².